The summed E-state index contributed by atoms with van der Waals surface area (Å²) >= 11 is 2.60. The number of anilines is 1. The molecule has 2 heterocycles. The summed E-state index contributed by atoms with van der Waals surface area (Å²) in [6.45, 7) is 4.18. The van der Waals surface area contributed by atoms with Crippen molar-refractivity contribution >= 4 is 35.0 Å². The number of rotatable bonds is 3. The molecule has 22 heavy (non-hydrogen) atoms. The minimum absolute atomic E-state index is 0.131. The van der Waals surface area contributed by atoms with Crippen LogP contribution in [0.5, 0.6) is 0 Å². The highest BCUT2D eigenvalue weighted by atomic mass is 127. The largest absolute Gasteiger partial charge is 0.369 e. The lowest BCUT2D eigenvalue weighted by Crippen LogP contribution is -2.44. The fraction of sp³-hybridized carbons (Fsp3) is 0.625. The van der Waals surface area contributed by atoms with Crippen LogP contribution in [0.3, 0.4) is 0 Å². The first-order valence-electron chi connectivity index (χ1n) is 7.87. The zero-order valence-corrected chi connectivity index (χ0v) is 15.9. The van der Waals surface area contributed by atoms with E-state index in [2.05, 4.69) is 37.3 Å². The summed E-state index contributed by atoms with van der Waals surface area (Å²) in [6.07, 6.45) is 5.85. The molecule has 0 aromatic heterocycles. The van der Waals surface area contributed by atoms with Gasteiger partial charge in [0.05, 0.1) is 5.69 Å². The van der Waals surface area contributed by atoms with Crippen molar-refractivity contribution in [3.05, 3.63) is 29.8 Å². The van der Waals surface area contributed by atoms with E-state index in [4.69, 9.17) is 0 Å². The second kappa shape index (κ2) is 7.21. The standard InChI is InChI=1S/C16H23F2IN2S/c1-22(19)14-6-9-21(11-14)13-4-7-20(8-5-13)16-3-2-12(17)10-15(16)18/h2-3,10,13-14,22H,4-9,11H2,1H3. The minimum atomic E-state index is -0.505. The number of thiol groups is 1. The van der Waals surface area contributed by atoms with Crippen LogP contribution in [0.15, 0.2) is 18.2 Å². The molecule has 3 rings (SSSR count). The Balaban J connectivity index is 1.57. The second-order valence-electron chi connectivity index (χ2n) is 6.28. The number of hydrogen-bond donors (Lipinski definition) is 1. The fourth-order valence-electron chi connectivity index (χ4n) is 3.60. The van der Waals surface area contributed by atoms with Crippen LogP contribution in [0, 0.1) is 11.6 Å². The molecule has 6 heteroatoms. The van der Waals surface area contributed by atoms with Gasteiger partial charge < -0.3 is 4.90 Å². The van der Waals surface area contributed by atoms with E-state index in [1.54, 1.807) is 6.07 Å². The van der Waals surface area contributed by atoms with Crippen LogP contribution in [0.25, 0.3) is 0 Å². The van der Waals surface area contributed by atoms with Gasteiger partial charge in [0.2, 0.25) is 0 Å². The first-order valence-corrected chi connectivity index (χ1v) is 12.5. The Morgan fingerprint density at radius 3 is 2.45 bits per heavy atom. The number of likely N-dealkylation sites (tertiary alicyclic amines) is 1. The van der Waals surface area contributed by atoms with Crippen LogP contribution in [0.2, 0.25) is 0 Å². The number of piperidine rings is 1. The van der Waals surface area contributed by atoms with Crippen molar-refractivity contribution in [2.24, 2.45) is 0 Å². The molecule has 2 atom stereocenters. The molecule has 2 fully saturated rings. The van der Waals surface area contributed by atoms with Gasteiger partial charge in [-0.2, -0.15) is 8.07 Å². The Morgan fingerprint density at radius 2 is 1.86 bits per heavy atom. The molecule has 0 aliphatic carbocycles. The molecule has 2 unspecified atom stereocenters. The normalized spacial score (nSPS) is 26.5. The van der Waals surface area contributed by atoms with Gasteiger partial charge in [0.25, 0.3) is 0 Å². The lowest BCUT2D eigenvalue weighted by molar-refractivity contribution is 0.208. The quantitative estimate of drug-likeness (QED) is 0.561. The third-order valence-corrected chi connectivity index (χ3v) is 8.72. The highest BCUT2D eigenvalue weighted by molar-refractivity contribution is 14.2. The van der Waals surface area contributed by atoms with E-state index in [1.165, 1.54) is 25.6 Å². The van der Waals surface area contributed by atoms with E-state index in [1.807, 2.05) is 0 Å². The van der Waals surface area contributed by atoms with Crippen molar-refractivity contribution in [2.45, 2.75) is 30.6 Å². The van der Waals surface area contributed by atoms with Gasteiger partial charge in [0.1, 0.15) is 11.6 Å². The average Bonchev–Trinajstić information content (AvgIpc) is 2.98. The zero-order valence-electron chi connectivity index (χ0n) is 12.8. The molecule has 2 aliphatic heterocycles. The predicted octanol–water partition coefficient (Wildman–Crippen LogP) is 3.99. The summed E-state index contributed by atoms with van der Waals surface area (Å²) in [5.74, 6) is -0.949. The second-order valence-corrected chi connectivity index (χ2v) is 12.6. The number of nitrogens with zero attached hydrogens (tertiary/aromatic N) is 2. The number of halogens is 3. The van der Waals surface area contributed by atoms with Crippen molar-refractivity contribution in [1.29, 1.82) is 0 Å². The molecule has 2 nitrogen and oxygen atoms in total. The van der Waals surface area contributed by atoms with Gasteiger partial charge in [-0.1, -0.05) is 0 Å². The Morgan fingerprint density at radius 1 is 1.14 bits per heavy atom. The van der Waals surface area contributed by atoms with E-state index >= 15 is 0 Å². The molecule has 1 aromatic rings. The van der Waals surface area contributed by atoms with E-state index in [0.29, 0.717) is 11.7 Å². The molecule has 2 aliphatic rings. The van der Waals surface area contributed by atoms with E-state index in [-0.39, 0.29) is 8.07 Å². The molecule has 0 amide bonds. The molecule has 0 saturated carbocycles. The summed E-state index contributed by atoms with van der Waals surface area (Å²) in [5.41, 5.74) is 0.545. The van der Waals surface area contributed by atoms with Crippen molar-refractivity contribution in [3.63, 3.8) is 0 Å². The molecule has 0 radical (unpaired) electrons. The molecular weight excluding hydrogens is 417 g/mol. The van der Waals surface area contributed by atoms with Crippen molar-refractivity contribution in [3.8, 4) is 0 Å². The zero-order chi connectivity index (χ0) is 15.7. The Labute approximate surface area is 146 Å². The van der Waals surface area contributed by atoms with Crippen LogP contribution >= 0.6 is 29.3 Å². The molecule has 0 spiro atoms. The number of hydrogen-bond acceptors (Lipinski definition) is 2. The van der Waals surface area contributed by atoms with E-state index < -0.39 is 11.6 Å². The maximum Gasteiger partial charge on any atom is 0.149 e. The van der Waals surface area contributed by atoms with Crippen LogP contribution in [-0.2, 0) is 0 Å². The maximum atomic E-state index is 13.9. The number of benzene rings is 1. The average molecular weight is 440 g/mol. The molecule has 1 aromatic carbocycles. The first kappa shape index (κ1) is 16.8. The van der Waals surface area contributed by atoms with Crippen LogP contribution in [0.1, 0.15) is 19.3 Å². The fourth-order valence-corrected chi connectivity index (χ4v) is 5.87. The SMILES string of the molecule is C[SH](I)C1CCN(C2CCN(c3ccc(F)cc3F)CC2)C1. The third-order valence-electron chi connectivity index (χ3n) is 4.93. The first-order chi connectivity index (χ1) is 10.5. The van der Waals surface area contributed by atoms with Crippen molar-refractivity contribution < 1.29 is 8.78 Å². The summed E-state index contributed by atoms with van der Waals surface area (Å²) in [7, 11) is 0.131. The summed E-state index contributed by atoms with van der Waals surface area (Å²) in [6, 6.07) is 4.53. The summed E-state index contributed by atoms with van der Waals surface area (Å²) in [5, 5.41) is 0.878. The maximum absolute atomic E-state index is 13.9. The molecule has 124 valence electrons. The Bertz CT molecular complexity index is 521. The van der Waals surface area contributed by atoms with Gasteiger partial charge in [0.15, 0.2) is 0 Å². The lowest BCUT2D eigenvalue weighted by atomic mass is 10.0. The van der Waals surface area contributed by atoms with Gasteiger partial charge in [-0.05, 0) is 65.4 Å². The van der Waals surface area contributed by atoms with Gasteiger partial charge in [-0.25, -0.2) is 8.78 Å². The molecule has 0 bridgehead atoms. The van der Waals surface area contributed by atoms with Gasteiger partial charge in [-0.3, -0.25) is 4.90 Å². The Hall–Kier alpha value is -0.0800. The summed E-state index contributed by atoms with van der Waals surface area (Å²) < 4.78 is 26.9. The van der Waals surface area contributed by atoms with Crippen LogP contribution < -0.4 is 4.90 Å². The summed E-state index contributed by atoms with van der Waals surface area (Å²) in [4.78, 5) is 4.70. The monoisotopic (exact) mass is 440 g/mol. The molecular formula is C16H23F2IN2S. The van der Waals surface area contributed by atoms with Gasteiger partial charge >= 0.3 is 0 Å². The van der Waals surface area contributed by atoms with Crippen molar-refractivity contribution in [2.75, 3.05) is 37.3 Å². The Kier molecular flexibility index (Phi) is 5.50. The van der Waals surface area contributed by atoms with Gasteiger partial charge in [-0.15, -0.1) is 0 Å². The topological polar surface area (TPSA) is 6.48 Å². The van der Waals surface area contributed by atoms with Crippen molar-refractivity contribution in [1.82, 2.24) is 4.90 Å². The lowest BCUT2D eigenvalue weighted by Gasteiger charge is -2.38. The predicted molar refractivity (Wildman–Crippen MR) is 101 cm³/mol. The highest BCUT2D eigenvalue weighted by Gasteiger charge is 2.32. The molecule has 2 saturated heterocycles. The highest BCUT2D eigenvalue weighted by Crippen LogP contribution is 2.41. The van der Waals surface area contributed by atoms with Gasteiger partial charge in [0, 0.05) is 37.0 Å². The smallest absolute Gasteiger partial charge is 0.149 e. The minimum Gasteiger partial charge on any atom is -0.369 e. The van der Waals surface area contributed by atoms with Crippen LogP contribution in [-0.4, -0.2) is 48.6 Å². The third kappa shape index (κ3) is 3.70. The van der Waals surface area contributed by atoms with E-state index in [9.17, 15) is 8.78 Å². The molecule has 0 N–H and O–H groups in total. The van der Waals surface area contributed by atoms with Crippen LogP contribution in [0.4, 0.5) is 14.5 Å². The van der Waals surface area contributed by atoms with E-state index in [0.717, 1.165) is 37.2 Å².